The van der Waals surface area contributed by atoms with Gasteiger partial charge in [0.05, 0.1) is 10.6 Å². The van der Waals surface area contributed by atoms with Crippen LogP contribution in [0.1, 0.15) is 27.6 Å². The topological polar surface area (TPSA) is 43.4 Å². The van der Waals surface area contributed by atoms with Crippen LogP contribution in [-0.4, -0.2) is 18.4 Å². The maximum Gasteiger partial charge on any atom is 0.573 e. The van der Waals surface area contributed by atoms with E-state index in [2.05, 4.69) is 4.74 Å². The second kappa shape index (κ2) is 4.75. The fourth-order valence-electron chi connectivity index (χ4n) is 1.12. The highest BCUT2D eigenvalue weighted by atomic mass is 35.5. The molecule has 1 aromatic rings. The number of carbonyl (C=O) groups excluding carboxylic acids is 2. The van der Waals surface area contributed by atoms with E-state index < -0.39 is 23.5 Å². The Labute approximate surface area is 99.1 Å². The van der Waals surface area contributed by atoms with E-state index in [4.69, 9.17) is 11.6 Å². The van der Waals surface area contributed by atoms with Crippen molar-refractivity contribution in [1.82, 2.24) is 0 Å². The first-order chi connectivity index (χ1) is 7.74. The molecule has 0 aliphatic carbocycles. The van der Waals surface area contributed by atoms with E-state index in [9.17, 15) is 22.8 Å². The van der Waals surface area contributed by atoms with Crippen LogP contribution in [0.15, 0.2) is 12.1 Å². The number of alkyl halides is 3. The van der Waals surface area contributed by atoms with Gasteiger partial charge < -0.3 is 4.74 Å². The van der Waals surface area contributed by atoms with Crippen molar-refractivity contribution >= 4 is 23.7 Å². The van der Waals surface area contributed by atoms with Crippen molar-refractivity contribution in [3.05, 3.63) is 28.3 Å². The second-order valence-electron chi connectivity index (χ2n) is 3.09. The first kappa shape index (κ1) is 13.5. The highest BCUT2D eigenvalue weighted by Crippen LogP contribution is 2.31. The second-order valence-corrected chi connectivity index (χ2v) is 3.50. The third-order valence-corrected chi connectivity index (χ3v) is 2.15. The molecular formula is C10H6ClF3O3. The minimum atomic E-state index is -4.96. The Morgan fingerprint density at radius 1 is 1.41 bits per heavy atom. The molecule has 1 aromatic carbocycles. The zero-order valence-electron chi connectivity index (χ0n) is 8.47. The first-order valence-electron chi connectivity index (χ1n) is 4.30. The van der Waals surface area contributed by atoms with Gasteiger partial charge in [0.15, 0.2) is 12.1 Å². The molecule has 0 aliphatic heterocycles. The van der Waals surface area contributed by atoms with Gasteiger partial charge in [-0.25, -0.2) is 0 Å². The summed E-state index contributed by atoms with van der Waals surface area (Å²) in [6, 6.07) is 1.93. The summed E-state index contributed by atoms with van der Waals surface area (Å²) in [6.45, 7) is 1.16. The third-order valence-electron chi connectivity index (χ3n) is 1.84. The van der Waals surface area contributed by atoms with E-state index in [0.717, 1.165) is 19.1 Å². The summed E-state index contributed by atoms with van der Waals surface area (Å²) in [7, 11) is 0. The number of ketones is 1. The zero-order chi connectivity index (χ0) is 13.2. The molecule has 0 heterocycles. The van der Waals surface area contributed by atoms with Crippen LogP contribution in [-0.2, 0) is 0 Å². The van der Waals surface area contributed by atoms with Crippen LogP contribution >= 0.6 is 11.6 Å². The van der Waals surface area contributed by atoms with Crippen LogP contribution in [0, 0.1) is 0 Å². The van der Waals surface area contributed by atoms with Gasteiger partial charge in [0.2, 0.25) is 0 Å². The van der Waals surface area contributed by atoms with Crippen LogP contribution < -0.4 is 4.74 Å². The average molecular weight is 267 g/mol. The minimum Gasteiger partial charge on any atom is -0.405 e. The SMILES string of the molecule is CC(=O)c1cc(Cl)c(C=O)c(OC(F)(F)F)c1. The third kappa shape index (κ3) is 3.45. The molecule has 0 amide bonds. The van der Waals surface area contributed by atoms with E-state index in [1.807, 2.05) is 0 Å². The monoisotopic (exact) mass is 266 g/mol. The molecule has 1 rings (SSSR count). The van der Waals surface area contributed by atoms with Gasteiger partial charge in [0.1, 0.15) is 5.75 Å². The van der Waals surface area contributed by atoms with Gasteiger partial charge in [-0.15, -0.1) is 13.2 Å². The van der Waals surface area contributed by atoms with E-state index in [1.54, 1.807) is 0 Å². The molecule has 0 spiro atoms. The molecule has 0 aromatic heterocycles. The Balaban J connectivity index is 3.34. The average Bonchev–Trinajstić information content (AvgIpc) is 2.14. The van der Waals surface area contributed by atoms with Crippen LogP contribution in [0.5, 0.6) is 5.75 Å². The molecule has 0 atom stereocenters. The molecule has 0 aliphatic rings. The van der Waals surface area contributed by atoms with Gasteiger partial charge in [0, 0.05) is 5.56 Å². The largest absolute Gasteiger partial charge is 0.573 e. The number of hydrogen-bond acceptors (Lipinski definition) is 3. The summed E-state index contributed by atoms with van der Waals surface area (Å²) in [5.74, 6) is -1.28. The van der Waals surface area contributed by atoms with E-state index in [1.165, 1.54) is 0 Å². The summed E-state index contributed by atoms with van der Waals surface area (Å²) in [5, 5.41) is -0.271. The van der Waals surface area contributed by atoms with Gasteiger partial charge in [-0.2, -0.15) is 0 Å². The Bertz CT molecular complexity index is 469. The summed E-state index contributed by atoms with van der Waals surface area (Å²) in [6.07, 6.45) is -4.83. The fraction of sp³-hybridized carbons (Fsp3) is 0.200. The molecule has 0 unspecified atom stereocenters. The Morgan fingerprint density at radius 2 is 2.00 bits per heavy atom. The number of rotatable bonds is 3. The molecule has 0 fully saturated rings. The van der Waals surface area contributed by atoms with Crippen molar-refractivity contribution in [3.63, 3.8) is 0 Å². The van der Waals surface area contributed by atoms with E-state index in [-0.39, 0.29) is 16.9 Å². The lowest BCUT2D eigenvalue weighted by Crippen LogP contribution is -2.18. The summed E-state index contributed by atoms with van der Waals surface area (Å²) >= 11 is 5.58. The summed E-state index contributed by atoms with van der Waals surface area (Å²) < 4.78 is 39.8. The van der Waals surface area contributed by atoms with Gasteiger partial charge in [0.25, 0.3) is 0 Å². The van der Waals surface area contributed by atoms with Crippen molar-refractivity contribution in [2.24, 2.45) is 0 Å². The standard InChI is InChI=1S/C10H6ClF3O3/c1-5(16)6-2-8(11)7(4-15)9(3-6)17-10(12,13)14/h2-4H,1H3. The molecule has 92 valence electrons. The van der Waals surface area contributed by atoms with Gasteiger partial charge in [-0.05, 0) is 19.1 Å². The molecule has 0 radical (unpaired) electrons. The smallest absolute Gasteiger partial charge is 0.405 e. The van der Waals surface area contributed by atoms with Crippen molar-refractivity contribution in [2.75, 3.05) is 0 Å². The summed E-state index contributed by atoms with van der Waals surface area (Å²) in [5.41, 5.74) is -0.520. The maximum absolute atomic E-state index is 12.1. The van der Waals surface area contributed by atoms with Gasteiger partial charge in [-0.1, -0.05) is 11.6 Å². The molecule has 3 nitrogen and oxygen atoms in total. The Morgan fingerprint density at radius 3 is 2.41 bits per heavy atom. The normalized spacial score (nSPS) is 11.1. The minimum absolute atomic E-state index is 0.0696. The number of aldehydes is 1. The molecular weight excluding hydrogens is 261 g/mol. The van der Waals surface area contributed by atoms with Crippen molar-refractivity contribution in [2.45, 2.75) is 13.3 Å². The van der Waals surface area contributed by atoms with Gasteiger partial charge in [-0.3, -0.25) is 9.59 Å². The van der Waals surface area contributed by atoms with Crippen molar-refractivity contribution in [1.29, 1.82) is 0 Å². The Kier molecular flexibility index (Phi) is 3.77. The fourth-order valence-corrected chi connectivity index (χ4v) is 1.37. The molecule has 7 heteroatoms. The molecule has 0 saturated heterocycles. The highest BCUT2D eigenvalue weighted by molar-refractivity contribution is 6.33. The molecule has 0 saturated carbocycles. The lowest BCUT2D eigenvalue weighted by molar-refractivity contribution is -0.274. The number of ether oxygens (including phenoxy) is 1. The van der Waals surface area contributed by atoms with Crippen LogP contribution in [0.25, 0.3) is 0 Å². The summed E-state index contributed by atoms with van der Waals surface area (Å²) in [4.78, 5) is 21.6. The number of benzene rings is 1. The quantitative estimate of drug-likeness (QED) is 0.623. The number of hydrogen-bond donors (Lipinski definition) is 0. The Hall–Kier alpha value is -1.56. The lowest BCUT2D eigenvalue weighted by Gasteiger charge is -2.12. The lowest BCUT2D eigenvalue weighted by atomic mass is 10.1. The first-order valence-corrected chi connectivity index (χ1v) is 4.68. The van der Waals surface area contributed by atoms with Crippen LogP contribution in [0.4, 0.5) is 13.2 Å². The van der Waals surface area contributed by atoms with Gasteiger partial charge >= 0.3 is 6.36 Å². The maximum atomic E-state index is 12.1. The number of halogens is 4. The van der Waals surface area contributed by atoms with Crippen LogP contribution in [0.3, 0.4) is 0 Å². The molecule has 0 bridgehead atoms. The number of Topliss-reactive ketones (excluding diaryl/α,β-unsaturated/α-hetero) is 1. The van der Waals surface area contributed by atoms with E-state index in [0.29, 0.717) is 0 Å². The van der Waals surface area contributed by atoms with E-state index >= 15 is 0 Å². The zero-order valence-corrected chi connectivity index (χ0v) is 9.22. The molecule has 17 heavy (non-hydrogen) atoms. The predicted molar refractivity (Wildman–Crippen MR) is 53.5 cm³/mol. The predicted octanol–water partition coefficient (Wildman–Crippen LogP) is 3.25. The number of carbonyl (C=O) groups is 2. The van der Waals surface area contributed by atoms with Crippen molar-refractivity contribution < 1.29 is 27.5 Å². The highest BCUT2D eigenvalue weighted by Gasteiger charge is 2.32. The van der Waals surface area contributed by atoms with Crippen LogP contribution in [0.2, 0.25) is 5.02 Å². The molecule has 0 N–H and O–H groups in total. The van der Waals surface area contributed by atoms with Crippen molar-refractivity contribution in [3.8, 4) is 5.75 Å².